The highest BCUT2D eigenvalue weighted by Crippen LogP contribution is 2.21. The van der Waals surface area contributed by atoms with Gasteiger partial charge < -0.3 is 9.84 Å². The number of benzene rings is 1. The molecule has 0 bridgehead atoms. The van der Waals surface area contributed by atoms with Crippen LogP contribution in [0.5, 0.6) is 5.75 Å². The zero-order chi connectivity index (χ0) is 10.4. The molecule has 0 saturated carbocycles. The first kappa shape index (κ1) is 10.4. The van der Waals surface area contributed by atoms with Crippen molar-refractivity contribution in [3.05, 3.63) is 40.3 Å². The minimum absolute atomic E-state index is 0.211. The topological polar surface area (TPSA) is 78.2 Å². The van der Waals surface area contributed by atoms with Crippen LogP contribution in [-0.4, -0.2) is 18.8 Å². The van der Waals surface area contributed by atoms with Crippen molar-refractivity contribution in [2.45, 2.75) is 6.04 Å². The first-order valence-electron chi connectivity index (χ1n) is 4.11. The molecule has 0 spiro atoms. The number of nitrogens with zero attached hydrogens (tertiary/aromatic N) is 3. The summed E-state index contributed by atoms with van der Waals surface area (Å²) in [6, 6.07) is 6.53. The Morgan fingerprint density at radius 3 is 3.00 bits per heavy atom. The third-order valence-corrected chi connectivity index (χ3v) is 1.84. The van der Waals surface area contributed by atoms with Gasteiger partial charge in [-0.25, -0.2) is 0 Å². The van der Waals surface area contributed by atoms with Crippen LogP contribution in [0.15, 0.2) is 29.4 Å². The van der Waals surface area contributed by atoms with E-state index in [9.17, 15) is 0 Å². The number of rotatable bonds is 4. The van der Waals surface area contributed by atoms with Crippen LogP contribution in [0.2, 0.25) is 0 Å². The summed E-state index contributed by atoms with van der Waals surface area (Å²) in [4.78, 5) is 2.66. The number of aliphatic hydroxyl groups excluding tert-OH is 1. The lowest BCUT2D eigenvalue weighted by Crippen LogP contribution is -2.00. The van der Waals surface area contributed by atoms with Gasteiger partial charge in [-0.15, -0.1) is 0 Å². The average molecular weight is 193 g/mol. The van der Waals surface area contributed by atoms with Gasteiger partial charge in [0.15, 0.2) is 0 Å². The van der Waals surface area contributed by atoms with E-state index in [1.54, 1.807) is 31.4 Å². The minimum atomic E-state index is -0.546. The van der Waals surface area contributed by atoms with E-state index in [1.165, 1.54) is 0 Å². The van der Waals surface area contributed by atoms with Gasteiger partial charge in [0.2, 0.25) is 0 Å². The Labute approximate surface area is 81.6 Å². The van der Waals surface area contributed by atoms with Crippen molar-refractivity contribution in [2.75, 3.05) is 13.7 Å². The highest BCUT2D eigenvalue weighted by atomic mass is 16.5. The Morgan fingerprint density at radius 2 is 2.43 bits per heavy atom. The molecule has 1 rings (SSSR count). The van der Waals surface area contributed by atoms with E-state index in [4.69, 9.17) is 15.4 Å². The Balaban J connectivity index is 2.97. The smallest absolute Gasteiger partial charge is 0.119 e. The van der Waals surface area contributed by atoms with Crippen LogP contribution in [0.4, 0.5) is 0 Å². The largest absolute Gasteiger partial charge is 0.497 e. The maximum Gasteiger partial charge on any atom is 0.119 e. The molecule has 0 aromatic heterocycles. The zero-order valence-electron chi connectivity index (χ0n) is 7.79. The molecule has 1 N–H and O–H groups in total. The molecule has 1 unspecified atom stereocenters. The van der Waals surface area contributed by atoms with Crippen LogP contribution >= 0.6 is 0 Å². The summed E-state index contributed by atoms with van der Waals surface area (Å²) in [5.41, 5.74) is 9.01. The molecule has 0 fully saturated rings. The number of azide groups is 1. The molecule has 5 nitrogen and oxygen atoms in total. The molecule has 1 aromatic carbocycles. The fourth-order valence-corrected chi connectivity index (χ4v) is 1.12. The molecule has 0 amide bonds. The second kappa shape index (κ2) is 5.11. The highest BCUT2D eigenvalue weighted by Gasteiger charge is 2.08. The lowest BCUT2D eigenvalue weighted by molar-refractivity contribution is 0.267. The quantitative estimate of drug-likeness (QED) is 0.451. The summed E-state index contributed by atoms with van der Waals surface area (Å²) in [5.74, 6) is 0.675. The molecule has 0 aliphatic carbocycles. The molecule has 1 aromatic rings. The van der Waals surface area contributed by atoms with Gasteiger partial charge in [-0.05, 0) is 23.2 Å². The Kier molecular flexibility index (Phi) is 3.79. The summed E-state index contributed by atoms with van der Waals surface area (Å²) in [6.07, 6.45) is 0. The Morgan fingerprint density at radius 1 is 1.64 bits per heavy atom. The van der Waals surface area contributed by atoms with Crippen LogP contribution in [0.1, 0.15) is 11.6 Å². The average Bonchev–Trinajstić information content (AvgIpc) is 2.26. The number of aliphatic hydroxyl groups is 1. The predicted octanol–water partition coefficient (Wildman–Crippen LogP) is 2.04. The number of hydrogen-bond donors (Lipinski definition) is 1. The fourth-order valence-electron chi connectivity index (χ4n) is 1.12. The second-order valence-electron chi connectivity index (χ2n) is 2.68. The Hall–Kier alpha value is -1.71. The van der Waals surface area contributed by atoms with Gasteiger partial charge in [0.05, 0.1) is 19.8 Å². The van der Waals surface area contributed by atoms with Gasteiger partial charge in [0.25, 0.3) is 0 Å². The van der Waals surface area contributed by atoms with E-state index in [1.807, 2.05) is 0 Å². The van der Waals surface area contributed by atoms with Crippen molar-refractivity contribution in [3.63, 3.8) is 0 Å². The molecular weight excluding hydrogens is 182 g/mol. The maximum atomic E-state index is 8.97. The van der Waals surface area contributed by atoms with Gasteiger partial charge >= 0.3 is 0 Å². The molecule has 74 valence electrons. The molecule has 0 radical (unpaired) electrons. The molecule has 0 aliphatic heterocycles. The number of ether oxygens (including phenoxy) is 1. The van der Waals surface area contributed by atoms with Crippen molar-refractivity contribution in [3.8, 4) is 5.75 Å². The molecule has 0 heterocycles. The van der Waals surface area contributed by atoms with Crippen molar-refractivity contribution in [1.82, 2.24) is 0 Å². The normalized spacial score (nSPS) is 11.6. The SMILES string of the molecule is COc1cccc(C(CO)N=[N+]=[N-])c1. The van der Waals surface area contributed by atoms with E-state index in [0.717, 1.165) is 5.56 Å². The molecule has 1 atom stereocenters. The summed E-state index contributed by atoms with van der Waals surface area (Å²) < 4.78 is 5.01. The molecule has 14 heavy (non-hydrogen) atoms. The van der Waals surface area contributed by atoms with Crippen molar-refractivity contribution < 1.29 is 9.84 Å². The number of hydrogen-bond acceptors (Lipinski definition) is 3. The van der Waals surface area contributed by atoms with E-state index >= 15 is 0 Å². The summed E-state index contributed by atoms with van der Waals surface area (Å²) >= 11 is 0. The van der Waals surface area contributed by atoms with E-state index in [0.29, 0.717) is 5.75 Å². The van der Waals surface area contributed by atoms with Gasteiger partial charge in [0.1, 0.15) is 5.75 Å². The minimum Gasteiger partial charge on any atom is -0.497 e. The first-order valence-corrected chi connectivity index (χ1v) is 4.11. The summed E-state index contributed by atoms with van der Waals surface area (Å²) in [6.45, 7) is -0.211. The van der Waals surface area contributed by atoms with E-state index < -0.39 is 6.04 Å². The first-order chi connectivity index (χ1) is 6.81. The van der Waals surface area contributed by atoms with Crippen molar-refractivity contribution in [1.29, 1.82) is 0 Å². The molecular formula is C9H11N3O2. The maximum absolute atomic E-state index is 8.97. The lowest BCUT2D eigenvalue weighted by atomic mass is 10.1. The molecule has 5 heteroatoms. The Bertz CT molecular complexity index is 348. The van der Waals surface area contributed by atoms with E-state index in [2.05, 4.69) is 10.0 Å². The predicted molar refractivity (Wildman–Crippen MR) is 52.0 cm³/mol. The zero-order valence-corrected chi connectivity index (χ0v) is 7.79. The highest BCUT2D eigenvalue weighted by molar-refractivity contribution is 5.30. The van der Waals surface area contributed by atoms with Crippen LogP contribution in [0.3, 0.4) is 0 Å². The number of methoxy groups -OCH3 is 1. The van der Waals surface area contributed by atoms with Crippen molar-refractivity contribution >= 4 is 0 Å². The molecule has 0 saturated heterocycles. The molecule has 0 aliphatic rings. The van der Waals surface area contributed by atoms with Gasteiger partial charge in [-0.1, -0.05) is 17.2 Å². The van der Waals surface area contributed by atoms with Crippen LogP contribution < -0.4 is 4.74 Å². The summed E-state index contributed by atoms with van der Waals surface area (Å²) in [7, 11) is 1.56. The van der Waals surface area contributed by atoms with Crippen molar-refractivity contribution in [2.24, 2.45) is 5.11 Å². The van der Waals surface area contributed by atoms with E-state index in [-0.39, 0.29) is 6.61 Å². The fraction of sp³-hybridized carbons (Fsp3) is 0.333. The lowest BCUT2D eigenvalue weighted by Gasteiger charge is -2.08. The summed E-state index contributed by atoms with van der Waals surface area (Å²) in [5, 5.41) is 12.4. The van der Waals surface area contributed by atoms with Gasteiger partial charge in [-0.3, -0.25) is 0 Å². The van der Waals surface area contributed by atoms with Crippen LogP contribution in [-0.2, 0) is 0 Å². The van der Waals surface area contributed by atoms with Gasteiger partial charge in [-0.2, -0.15) is 0 Å². The van der Waals surface area contributed by atoms with Crippen LogP contribution in [0.25, 0.3) is 10.4 Å². The van der Waals surface area contributed by atoms with Crippen LogP contribution in [0, 0.1) is 0 Å². The third-order valence-electron chi connectivity index (χ3n) is 1.84. The van der Waals surface area contributed by atoms with Gasteiger partial charge in [0, 0.05) is 4.91 Å². The standard InChI is InChI=1S/C9H11N3O2/c1-14-8-4-2-3-7(5-8)9(6-13)11-12-10/h2-5,9,13H,6H2,1H3. The third kappa shape index (κ3) is 2.39. The monoisotopic (exact) mass is 193 g/mol. The second-order valence-corrected chi connectivity index (χ2v) is 2.68.